The van der Waals surface area contributed by atoms with Crippen molar-refractivity contribution in [1.82, 2.24) is 0 Å². The van der Waals surface area contributed by atoms with Gasteiger partial charge in [0.15, 0.2) is 0 Å². The quantitative estimate of drug-likeness (QED) is 0.657. The Morgan fingerprint density at radius 2 is 2.26 bits per heavy atom. The summed E-state index contributed by atoms with van der Waals surface area (Å²) in [6.45, 7) is 1.94. The average Bonchev–Trinajstić information content (AvgIpc) is 2.89. The van der Waals surface area contributed by atoms with Gasteiger partial charge in [-0.3, -0.25) is 10.1 Å². The molecule has 1 atom stereocenters. The summed E-state index contributed by atoms with van der Waals surface area (Å²) in [5.41, 5.74) is 0.0757. The number of rotatable bonds is 5. The third-order valence-corrected chi connectivity index (χ3v) is 2.73. The predicted octanol–water partition coefficient (Wildman–Crippen LogP) is 3.89. The maximum atomic E-state index is 13.3. The van der Waals surface area contributed by atoms with Crippen molar-refractivity contribution >= 4 is 11.4 Å². The Labute approximate surface area is 109 Å². The fourth-order valence-corrected chi connectivity index (χ4v) is 1.83. The summed E-state index contributed by atoms with van der Waals surface area (Å²) in [6.07, 6.45) is 2.26. The highest BCUT2D eigenvalue weighted by Crippen LogP contribution is 2.26. The van der Waals surface area contributed by atoms with E-state index in [0.717, 1.165) is 6.07 Å². The first kappa shape index (κ1) is 13.1. The van der Waals surface area contributed by atoms with Crippen LogP contribution in [-0.2, 0) is 0 Å². The lowest BCUT2D eigenvalue weighted by molar-refractivity contribution is -0.385. The molecule has 0 bridgehead atoms. The third kappa shape index (κ3) is 3.09. The van der Waals surface area contributed by atoms with Gasteiger partial charge in [-0.2, -0.15) is 0 Å². The van der Waals surface area contributed by atoms with Crippen LogP contribution < -0.4 is 5.32 Å². The molecule has 0 aliphatic carbocycles. The first-order valence-corrected chi connectivity index (χ1v) is 5.85. The SMILES string of the molecule is CCC(Nc1cc(F)cc([N+](=O)[O-])c1)c1ccco1. The second-order valence-corrected chi connectivity index (χ2v) is 4.08. The van der Waals surface area contributed by atoms with Gasteiger partial charge < -0.3 is 9.73 Å². The highest BCUT2D eigenvalue weighted by atomic mass is 19.1. The Kier molecular flexibility index (Phi) is 3.79. The second-order valence-electron chi connectivity index (χ2n) is 4.08. The lowest BCUT2D eigenvalue weighted by atomic mass is 10.1. The number of nitrogens with zero attached hydrogens (tertiary/aromatic N) is 1. The van der Waals surface area contributed by atoms with Gasteiger partial charge in [0.25, 0.3) is 5.69 Å². The topological polar surface area (TPSA) is 68.3 Å². The molecule has 0 aliphatic rings. The highest BCUT2D eigenvalue weighted by Gasteiger charge is 2.15. The monoisotopic (exact) mass is 264 g/mol. The molecular formula is C13H13FN2O3. The molecule has 1 aromatic heterocycles. The van der Waals surface area contributed by atoms with E-state index >= 15 is 0 Å². The molecule has 6 heteroatoms. The molecule has 0 fully saturated rings. The van der Waals surface area contributed by atoms with Gasteiger partial charge in [-0.25, -0.2) is 4.39 Å². The van der Waals surface area contributed by atoms with Crippen LogP contribution in [0, 0.1) is 15.9 Å². The number of hydrogen-bond donors (Lipinski definition) is 1. The van der Waals surface area contributed by atoms with Gasteiger partial charge in [0.1, 0.15) is 11.6 Å². The van der Waals surface area contributed by atoms with E-state index in [2.05, 4.69) is 5.32 Å². The molecule has 0 spiro atoms. The van der Waals surface area contributed by atoms with E-state index in [1.807, 2.05) is 6.92 Å². The fourth-order valence-electron chi connectivity index (χ4n) is 1.83. The Balaban J connectivity index is 2.24. The summed E-state index contributed by atoms with van der Waals surface area (Å²) in [7, 11) is 0. The Bertz CT molecular complexity index is 569. The zero-order chi connectivity index (χ0) is 13.8. The van der Waals surface area contributed by atoms with Crippen molar-refractivity contribution in [2.24, 2.45) is 0 Å². The Morgan fingerprint density at radius 3 is 2.84 bits per heavy atom. The molecule has 0 amide bonds. The van der Waals surface area contributed by atoms with Crippen molar-refractivity contribution in [2.75, 3.05) is 5.32 Å². The van der Waals surface area contributed by atoms with Crippen LogP contribution in [0.2, 0.25) is 0 Å². The lowest BCUT2D eigenvalue weighted by Crippen LogP contribution is -2.09. The van der Waals surface area contributed by atoms with Gasteiger partial charge in [-0.15, -0.1) is 0 Å². The first-order chi connectivity index (χ1) is 9.10. The number of nitro benzene ring substituents is 1. The number of benzene rings is 1. The van der Waals surface area contributed by atoms with Gasteiger partial charge in [0.2, 0.25) is 0 Å². The Morgan fingerprint density at radius 1 is 1.47 bits per heavy atom. The molecule has 5 nitrogen and oxygen atoms in total. The van der Waals surface area contributed by atoms with Crippen LogP contribution >= 0.6 is 0 Å². The molecule has 0 radical (unpaired) electrons. The summed E-state index contributed by atoms with van der Waals surface area (Å²) in [6, 6.07) is 6.81. The van der Waals surface area contributed by atoms with E-state index in [-0.39, 0.29) is 11.7 Å². The molecule has 2 rings (SSSR count). The van der Waals surface area contributed by atoms with E-state index in [1.165, 1.54) is 12.1 Å². The number of furan rings is 1. The first-order valence-electron chi connectivity index (χ1n) is 5.85. The summed E-state index contributed by atoms with van der Waals surface area (Å²) >= 11 is 0. The van der Waals surface area contributed by atoms with Crippen LogP contribution in [0.25, 0.3) is 0 Å². The van der Waals surface area contributed by atoms with Crippen LogP contribution in [0.4, 0.5) is 15.8 Å². The van der Waals surface area contributed by atoms with E-state index in [9.17, 15) is 14.5 Å². The van der Waals surface area contributed by atoms with Crippen LogP contribution in [0.15, 0.2) is 41.0 Å². The van der Waals surface area contributed by atoms with Gasteiger partial charge in [0.05, 0.1) is 23.3 Å². The normalized spacial score (nSPS) is 12.1. The van der Waals surface area contributed by atoms with Gasteiger partial charge >= 0.3 is 0 Å². The number of anilines is 1. The van der Waals surface area contributed by atoms with Crippen molar-refractivity contribution < 1.29 is 13.7 Å². The summed E-state index contributed by atoms with van der Waals surface area (Å²) in [5, 5.41) is 13.7. The molecule has 1 aromatic carbocycles. The fraction of sp³-hybridized carbons (Fsp3) is 0.231. The van der Waals surface area contributed by atoms with Crippen molar-refractivity contribution in [1.29, 1.82) is 0 Å². The molecule has 1 N–H and O–H groups in total. The third-order valence-electron chi connectivity index (χ3n) is 2.73. The molecular weight excluding hydrogens is 251 g/mol. The van der Waals surface area contributed by atoms with Crippen molar-refractivity contribution in [3.63, 3.8) is 0 Å². The molecule has 0 saturated carbocycles. The average molecular weight is 264 g/mol. The maximum Gasteiger partial charge on any atom is 0.274 e. The number of hydrogen-bond acceptors (Lipinski definition) is 4. The largest absolute Gasteiger partial charge is 0.467 e. The smallest absolute Gasteiger partial charge is 0.274 e. The van der Waals surface area contributed by atoms with E-state index < -0.39 is 10.7 Å². The molecule has 0 saturated heterocycles. The number of non-ortho nitro benzene ring substituents is 1. The summed E-state index contributed by atoms with van der Waals surface area (Å²) < 4.78 is 18.6. The minimum Gasteiger partial charge on any atom is -0.467 e. The van der Waals surface area contributed by atoms with Crippen LogP contribution in [0.5, 0.6) is 0 Å². The van der Waals surface area contributed by atoms with Crippen LogP contribution in [-0.4, -0.2) is 4.92 Å². The van der Waals surface area contributed by atoms with Gasteiger partial charge in [0, 0.05) is 11.8 Å². The highest BCUT2D eigenvalue weighted by molar-refractivity contribution is 5.52. The van der Waals surface area contributed by atoms with E-state index in [0.29, 0.717) is 17.9 Å². The number of nitro groups is 1. The molecule has 0 aliphatic heterocycles. The maximum absolute atomic E-state index is 13.3. The van der Waals surface area contributed by atoms with Crippen molar-refractivity contribution in [3.8, 4) is 0 Å². The number of halogens is 1. The second kappa shape index (κ2) is 5.51. The summed E-state index contributed by atoms with van der Waals surface area (Å²) in [4.78, 5) is 10.1. The minimum atomic E-state index is -0.647. The van der Waals surface area contributed by atoms with Crippen LogP contribution in [0.3, 0.4) is 0 Å². The van der Waals surface area contributed by atoms with Gasteiger partial charge in [-0.1, -0.05) is 6.92 Å². The lowest BCUT2D eigenvalue weighted by Gasteiger charge is -2.15. The zero-order valence-electron chi connectivity index (χ0n) is 10.3. The molecule has 2 aromatic rings. The van der Waals surface area contributed by atoms with Crippen molar-refractivity contribution in [3.05, 3.63) is 58.3 Å². The molecule has 1 heterocycles. The van der Waals surface area contributed by atoms with Crippen molar-refractivity contribution in [2.45, 2.75) is 19.4 Å². The van der Waals surface area contributed by atoms with Gasteiger partial charge in [-0.05, 0) is 24.6 Å². The van der Waals surface area contributed by atoms with E-state index in [1.54, 1.807) is 18.4 Å². The predicted molar refractivity (Wildman–Crippen MR) is 68.4 cm³/mol. The minimum absolute atomic E-state index is 0.156. The molecule has 19 heavy (non-hydrogen) atoms. The van der Waals surface area contributed by atoms with E-state index in [4.69, 9.17) is 4.42 Å². The standard InChI is InChI=1S/C13H13FN2O3/c1-2-12(13-4-3-5-19-13)15-10-6-9(14)7-11(8-10)16(17)18/h3-8,12,15H,2H2,1H3. The van der Waals surface area contributed by atoms with Crippen LogP contribution in [0.1, 0.15) is 25.1 Å². The molecule has 100 valence electrons. The number of nitrogens with one attached hydrogen (secondary N) is 1. The zero-order valence-corrected chi connectivity index (χ0v) is 10.3. The summed E-state index contributed by atoms with van der Waals surface area (Å²) in [5.74, 6) is 0.0559. The Hall–Kier alpha value is -2.37. The molecule has 1 unspecified atom stereocenters.